The molecule has 1 aliphatic heterocycles. The third-order valence-electron chi connectivity index (χ3n) is 4.76. The third-order valence-corrected chi connectivity index (χ3v) is 6.16. The average Bonchev–Trinajstić information content (AvgIpc) is 3.02. The molecule has 1 atom stereocenters. The molecule has 6 nitrogen and oxygen atoms in total. The number of carbonyl (C=O) groups excluding carboxylic acids is 1. The first kappa shape index (κ1) is 19.9. The van der Waals surface area contributed by atoms with E-state index in [4.69, 9.17) is 6.42 Å². The van der Waals surface area contributed by atoms with E-state index in [1.54, 1.807) is 6.07 Å². The summed E-state index contributed by atoms with van der Waals surface area (Å²) in [5.41, 5.74) is 2.81. The molecule has 1 unspecified atom stereocenters. The van der Waals surface area contributed by atoms with Crippen molar-refractivity contribution >= 4 is 21.6 Å². The second-order valence-corrected chi connectivity index (χ2v) is 8.45. The molecule has 0 radical (unpaired) electrons. The van der Waals surface area contributed by atoms with E-state index in [9.17, 15) is 13.2 Å². The van der Waals surface area contributed by atoms with E-state index in [1.165, 1.54) is 29.4 Å². The molecule has 0 spiro atoms. The topological polar surface area (TPSA) is 78.5 Å². The highest BCUT2D eigenvalue weighted by atomic mass is 32.2. The van der Waals surface area contributed by atoms with E-state index in [0.717, 1.165) is 6.42 Å². The summed E-state index contributed by atoms with van der Waals surface area (Å²) in [4.78, 5) is 14.8. The second-order valence-electron chi connectivity index (χ2n) is 6.69. The molecule has 3 rings (SSSR count). The minimum absolute atomic E-state index is 0.0116. The Morgan fingerprint density at radius 3 is 2.82 bits per heavy atom. The van der Waals surface area contributed by atoms with Crippen molar-refractivity contribution in [1.82, 2.24) is 10.0 Å². The number of fused-ring (bicyclic) bond motifs is 1. The molecule has 1 aliphatic rings. The van der Waals surface area contributed by atoms with Crippen molar-refractivity contribution in [2.24, 2.45) is 0 Å². The number of nitrogens with zero attached hydrogens (tertiary/aromatic N) is 1. The van der Waals surface area contributed by atoms with Gasteiger partial charge in [0.2, 0.25) is 10.0 Å². The smallest absolute Gasteiger partial charge is 0.251 e. The van der Waals surface area contributed by atoms with Gasteiger partial charge in [-0.1, -0.05) is 30.2 Å². The van der Waals surface area contributed by atoms with Crippen molar-refractivity contribution < 1.29 is 13.2 Å². The summed E-state index contributed by atoms with van der Waals surface area (Å²) in [5, 5.41) is 2.87. The fraction of sp³-hybridized carbons (Fsp3) is 0.286. The van der Waals surface area contributed by atoms with Gasteiger partial charge in [0.15, 0.2) is 0 Å². The van der Waals surface area contributed by atoms with E-state index in [1.807, 2.05) is 12.1 Å². The maximum Gasteiger partial charge on any atom is 0.251 e. The number of para-hydroxylation sites is 1. The van der Waals surface area contributed by atoms with Gasteiger partial charge < -0.3 is 10.2 Å². The molecule has 0 saturated carbocycles. The zero-order valence-corrected chi connectivity index (χ0v) is 16.5. The summed E-state index contributed by atoms with van der Waals surface area (Å²) in [5.74, 6) is 1.91. The average molecular weight is 398 g/mol. The van der Waals surface area contributed by atoms with Gasteiger partial charge >= 0.3 is 0 Å². The number of terminal acetylenes is 1. The van der Waals surface area contributed by atoms with Crippen LogP contribution in [0.2, 0.25) is 0 Å². The van der Waals surface area contributed by atoms with Gasteiger partial charge in [0.1, 0.15) is 0 Å². The van der Waals surface area contributed by atoms with Gasteiger partial charge in [-0.2, -0.15) is 4.72 Å². The second kappa shape index (κ2) is 8.46. The zero-order valence-electron chi connectivity index (χ0n) is 15.7. The molecule has 146 valence electrons. The zero-order chi connectivity index (χ0) is 20.1. The lowest BCUT2D eigenvalue weighted by Crippen LogP contribution is -2.37. The number of carbonyl (C=O) groups is 1. The predicted molar refractivity (Wildman–Crippen MR) is 110 cm³/mol. The molecule has 1 heterocycles. The van der Waals surface area contributed by atoms with Crippen molar-refractivity contribution in [1.29, 1.82) is 0 Å². The quantitative estimate of drug-likeness (QED) is 0.698. The van der Waals surface area contributed by atoms with Crippen LogP contribution >= 0.6 is 0 Å². The maximum absolute atomic E-state index is 12.5. The Labute approximate surface area is 166 Å². The first-order chi connectivity index (χ1) is 13.4. The number of anilines is 1. The van der Waals surface area contributed by atoms with Crippen molar-refractivity contribution in [2.75, 3.05) is 24.5 Å². The Hall–Kier alpha value is -2.82. The van der Waals surface area contributed by atoms with Crippen molar-refractivity contribution in [2.45, 2.75) is 24.3 Å². The Balaban J connectivity index is 1.62. The SMILES string of the molecule is C#CCNS(=O)(=O)c1cccc(C(=O)NCCN2c3ccccc3CC2C)c1. The highest BCUT2D eigenvalue weighted by Crippen LogP contribution is 2.31. The minimum atomic E-state index is -3.73. The molecular formula is C21H23N3O3S. The van der Waals surface area contributed by atoms with E-state index >= 15 is 0 Å². The number of amides is 1. The monoisotopic (exact) mass is 397 g/mol. The Morgan fingerprint density at radius 2 is 2.04 bits per heavy atom. The van der Waals surface area contributed by atoms with Crippen LogP contribution in [-0.2, 0) is 16.4 Å². The van der Waals surface area contributed by atoms with Crippen molar-refractivity contribution in [3.63, 3.8) is 0 Å². The highest BCUT2D eigenvalue weighted by Gasteiger charge is 2.25. The van der Waals surface area contributed by atoms with Crippen LogP contribution in [0.4, 0.5) is 5.69 Å². The first-order valence-electron chi connectivity index (χ1n) is 9.08. The molecule has 0 bridgehead atoms. The van der Waals surface area contributed by atoms with Crippen LogP contribution in [0.5, 0.6) is 0 Å². The number of hydrogen-bond donors (Lipinski definition) is 2. The van der Waals surface area contributed by atoms with Crippen LogP contribution in [0.25, 0.3) is 0 Å². The highest BCUT2D eigenvalue weighted by molar-refractivity contribution is 7.89. The van der Waals surface area contributed by atoms with E-state index < -0.39 is 10.0 Å². The standard InChI is InChI=1S/C21H23N3O3S/c1-3-11-23-28(26,27)19-9-6-8-18(15-19)21(25)22-12-13-24-16(2)14-17-7-4-5-10-20(17)24/h1,4-10,15-16,23H,11-14H2,2H3,(H,22,25). The number of sulfonamides is 1. The molecular weight excluding hydrogens is 374 g/mol. The number of hydrogen-bond acceptors (Lipinski definition) is 4. The van der Waals surface area contributed by atoms with Gasteiger partial charge in [-0.25, -0.2) is 8.42 Å². The lowest BCUT2D eigenvalue weighted by molar-refractivity contribution is 0.0954. The fourth-order valence-electron chi connectivity index (χ4n) is 3.39. The maximum atomic E-state index is 12.5. The van der Waals surface area contributed by atoms with Crippen LogP contribution in [0.1, 0.15) is 22.8 Å². The van der Waals surface area contributed by atoms with Crippen LogP contribution in [0, 0.1) is 12.3 Å². The summed E-state index contributed by atoms with van der Waals surface area (Å²) in [6.07, 6.45) is 6.09. The Morgan fingerprint density at radius 1 is 1.25 bits per heavy atom. The molecule has 7 heteroatoms. The fourth-order valence-corrected chi connectivity index (χ4v) is 4.37. The molecule has 28 heavy (non-hydrogen) atoms. The van der Waals surface area contributed by atoms with Crippen LogP contribution < -0.4 is 14.9 Å². The van der Waals surface area contributed by atoms with Gasteiger partial charge in [0, 0.05) is 30.4 Å². The van der Waals surface area contributed by atoms with E-state index in [-0.39, 0.29) is 17.3 Å². The summed E-state index contributed by atoms with van der Waals surface area (Å²) in [6, 6.07) is 14.6. The van der Waals surface area contributed by atoms with E-state index in [0.29, 0.717) is 24.7 Å². The largest absolute Gasteiger partial charge is 0.367 e. The summed E-state index contributed by atoms with van der Waals surface area (Å²) >= 11 is 0. The molecule has 0 aromatic heterocycles. The van der Waals surface area contributed by atoms with Crippen molar-refractivity contribution in [3.05, 3.63) is 59.7 Å². The van der Waals surface area contributed by atoms with Gasteiger partial charge in [0.25, 0.3) is 5.91 Å². The molecule has 0 fully saturated rings. The lowest BCUT2D eigenvalue weighted by Gasteiger charge is -2.25. The molecule has 2 aromatic rings. The van der Waals surface area contributed by atoms with E-state index in [2.05, 4.69) is 39.9 Å². The van der Waals surface area contributed by atoms with Gasteiger partial charge in [-0.3, -0.25) is 4.79 Å². The molecule has 1 amide bonds. The normalized spacial score (nSPS) is 15.7. The Kier molecular flexibility index (Phi) is 6.02. The molecule has 0 saturated heterocycles. The first-order valence-corrected chi connectivity index (χ1v) is 10.6. The summed E-state index contributed by atoms with van der Waals surface area (Å²) in [7, 11) is -3.73. The number of benzene rings is 2. The molecule has 2 aromatic carbocycles. The van der Waals surface area contributed by atoms with Gasteiger partial charge in [0.05, 0.1) is 11.4 Å². The summed E-state index contributed by atoms with van der Waals surface area (Å²) in [6.45, 7) is 3.21. The third kappa shape index (κ3) is 4.35. The molecule has 0 aliphatic carbocycles. The number of nitrogens with one attached hydrogen (secondary N) is 2. The lowest BCUT2D eigenvalue weighted by atomic mass is 10.1. The summed E-state index contributed by atoms with van der Waals surface area (Å²) < 4.78 is 26.6. The van der Waals surface area contributed by atoms with Crippen LogP contribution in [-0.4, -0.2) is 40.0 Å². The minimum Gasteiger partial charge on any atom is -0.367 e. The van der Waals surface area contributed by atoms with Crippen molar-refractivity contribution in [3.8, 4) is 12.3 Å². The van der Waals surface area contributed by atoms with Crippen LogP contribution in [0.3, 0.4) is 0 Å². The van der Waals surface area contributed by atoms with Crippen LogP contribution in [0.15, 0.2) is 53.4 Å². The van der Waals surface area contributed by atoms with Gasteiger partial charge in [-0.15, -0.1) is 6.42 Å². The number of rotatable bonds is 7. The Bertz CT molecular complexity index is 1010. The van der Waals surface area contributed by atoms with Gasteiger partial charge in [-0.05, 0) is 43.2 Å². The molecule has 2 N–H and O–H groups in total. The predicted octanol–water partition coefficient (Wildman–Crippen LogP) is 1.78.